The third kappa shape index (κ3) is 4.18. The molecule has 2 aromatic carbocycles. The van der Waals surface area contributed by atoms with Gasteiger partial charge >= 0.3 is 0 Å². The van der Waals surface area contributed by atoms with Gasteiger partial charge in [-0.2, -0.15) is 0 Å². The molecule has 2 aromatic rings. The molecule has 1 N–H and O–H groups in total. The Morgan fingerprint density at radius 3 is 2.24 bits per heavy atom. The molecule has 21 heavy (non-hydrogen) atoms. The van der Waals surface area contributed by atoms with Crippen molar-refractivity contribution < 1.29 is 0 Å². The number of nitrogens with one attached hydrogen (secondary N) is 1. The molecular formula is C19H24BrN. The lowest BCUT2D eigenvalue weighted by atomic mass is 9.93. The number of aryl methyl sites for hydroxylation is 1. The zero-order valence-corrected chi connectivity index (χ0v) is 14.9. The molecule has 0 saturated heterocycles. The average Bonchev–Trinajstić information content (AvgIpc) is 2.43. The smallest absolute Gasteiger partial charge is 0.0576 e. The Bertz CT molecular complexity index is 587. The van der Waals surface area contributed by atoms with E-state index >= 15 is 0 Å². The largest absolute Gasteiger partial charge is 0.309 e. The second-order valence-electron chi connectivity index (χ2n) is 6.06. The molecule has 0 aliphatic heterocycles. The summed E-state index contributed by atoms with van der Waals surface area (Å²) < 4.78 is 1.13. The molecule has 1 unspecified atom stereocenters. The van der Waals surface area contributed by atoms with Gasteiger partial charge in [-0.1, -0.05) is 60.1 Å². The van der Waals surface area contributed by atoms with Crippen molar-refractivity contribution in [2.75, 3.05) is 7.05 Å². The van der Waals surface area contributed by atoms with Crippen LogP contribution >= 0.6 is 15.9 Å². The van der Waals surface area contributed by atoms with Gasteiger partial charge in [-0.15, -0.1) is 0 Å². The molecule has 0 aliphatic rings. The van der Waals surface area contributed by atoms with Gasteiger partial charge in [0.1, 0.15) is 0 Å². The highest BCUT2D eigenvalue weighted by molar-refractivity contribution is 9.10. The number of benzene rings is 2. The van der Waals surface area contributed by atoms with Gasteiger partial charge in [0.25, 0.3) is 0 Å². The Hall–Kier alpha value is -1.12. The first-order valence-corrected chi connectivity index (χ1v) is 8.32. The van der Waals surface area contributed by atoms with Gasteiger partial charge in [-0.05, 0) is 60.7 Å². The summed E-state index contributed by atoms with van der Waals surface area (Å²) in [5, 5.41) is 3.44. The molecular weight excluding hydrogens is 322 g/mol. The maximum absolute atomic E-state index is 3.54. The number of halogens is 1. The van der Waals surface area contributed by atoms with E-state index in [-0.39, 0.29) is 6.04 Å². The van der Waals surface area contributed by atoms with Crippen molar-refractivity contribution in [3.8, 4) is 0 Å². The molecule has 0 radical (unpaired) electrons. The Morgan fingerprint density at radius 2 is 1.71 bits per heavy atom. The van der Waals surface area contributed by atoms with Gasteiger partial charge in [-0.3, -0.25) is 0 Å². The van der Waals surface area contributed by atoms with Crippen LogP contribution in [0.2, 0.25) is 0 Å². The van der Waals surface area contributed by atoms with Gasteiger partial charge in [0.05, 0.1) is 6.04 Å². The Balaban J connectivity index is 2.28. The molecule has 0 bridgehead atoms. The molecule has 1 atom stereocenters. The first-order chi connectivity index (χ1) is 10.0. The molecule has 1 nitrogen and oxygen atoms in total. The maximum Gasteiger partial charge on any atom is 0.0576 e. The van der Waals surface area contributed by atoms with Gasteiger partial charge in [0, 0.05) is 4.47 Å². The molecule has 0 aliphatic carbocycles. The fourth-order valence-corrected chi connectivity index (χ4v) is 3.26. The minimum absolute atomic E-state index is 0.242. The molecule has 0 fully saturated rings. The van der Waals surface area contributed by atoms with Crippen LogP contribution in [0.3, 0.4) is 0 Å². The van der Waals surface area contributed by atoms with Crippen LogP contribution in [0, 0.1) is 12.8 Å². The highest BCUT2D eigenvalue weighted by Gasteiger charge is 2.14. The summed E-state index contributed by atoms with van der Waals surface area (Å²) in [6.07, 6.45) is 1.14. The van der Waals surface area contributed by atoms with E-state index in [0.29, 0.717) is 5.92 Å². The standard InChI is InChI=1S/C19H24BrN/c1-13(2)11-15-5-7-16(8-6-15)19(21-4)18-10-9-17(20)12-14(18)3/h5-10,12-13,19,21H,11H2,1-4H3. The normalized spacial score (nSPS) is 12.7. The molecule has 0 amide bonds. The van der Waals surface area contributed by atoms with E-state index in [9.17, 15) is 0 Å². The SMILES string of the molecule is CNC(c1ccc(CC(C)C)cc1)c1ccc(Br)cc1C. The first-order valence-electron chi connectivity index (χ1n) is 7.53. The summed E-state index contributed by atoms with van der Waals surface area (Å²) >= 11 is 3.54. The highest BCUT2D eigenvalue weighted by Crippen LogP contribution is 2.27. The average molecular weight is 346 g/mol. The molecule has 0 spiro atoms. The van der Waals surface area contributed by atoms with Crippen molar-refractivity contribution in [3.05, 3.63) is 69.2 Å². The van der Waals surface area contributed by atoms with Crippen LogP contribution in [-0.4, -0.2) is 7.05 Å². The molecule has 0 saturated carbocycles. The summed E-state index contributed by atoms with van der Waals surface area (Å²) in [6, 6.07) is 15.7. The van der Waals surface area contributed by atoms with Crippen LogP contribution < -0.4 is 5.32 Å². The zero-order valence-electron chi connectivity index (χ0n) is 13.3. The fourth-order valence-electron chi connectivity index (χ4n) is 2.78. The van der Waals surface area contributed by atoms with E-state index < -0.39 is 0 Å². The zero-order chi connectivity index (χ0) is 15.4. The summed E-state index contributed by atoms with van der Waals surface area (Å²) in [5.74, 6) is 0.699. The number of hydrogen-bond donors (Lipinski definition) is 1. The predicted molar refractivity (Wildman–Crippen MR) is 94.8 cm³/mol. The third-order valence-corrected chi connectivity index (χ3v) is 4.28. The summed E-state index contributed by atoms with van der Waals surface area (Å²) in [5.41, 5.74) is 5.36. The minimum atomic E-state index is 0.242. The first kappa shape index (κ1) is 16.3. The highest BCUT2D eigenvalue weighted by atomic mass is 79.9. The lowest BCUT2D eigenvalue weighted by molar-refractivity contribution is 0.645. The van der Waals surface area contributed by atoms with E-state index in [4.69, 9.17) is 0 Å². The molecule has 2 rings (SSSR count). The second kappa shape index (κ2) is 7.24. The topological polar surface area (TPSA) is 12.0 Å². The van der Waals surface area contributed by atoms with Gasteiger partial charge in [0.15, 0.2) is 0 Å². The van der Waals surface area contributed by atoms with Crippen LogP contribution in [0.5, 0.6) is 0 Å². The molecule has 0 heterocycles. The molecule has 112 valence electrons. The van der Waals surface area contributed by atoms with E-state index in [1.807, 2.05) is 7.05 Å². The quantitative estimate of drug-likeness (QED) is 0.778. The number of rotatable bonds is 5. The van der Waals surface area contributed by atoms with E-state index in [1.165, 1.54) is 22.3 Å². The third-order valence-electron chi connectivity index (χ3n) is 3.79. The van der Waals surface area contributed by atoms with Gasteiger partial charge in [0.2, 0.25) is 0 Å². The lowest BCUT2D eigenvalue weighted by Crippen LogP contribution is -2.18. The summed E-state index contributed by atoms with van der Waals surface area (Å²) in [7, 11) is 2.02. The Labute approximate surface area is 136 Å². The molecule has 2 heteroatoms. The Kier molecular flexibility index (Phi) is 5.60. The second-order valence-corrected chi connectivity index (χ2v) is 6.98. The van der Waals surface area contributed by atoms with Crippen molar-refractivity contribution in [1.29, 1.82) is 0 Å². The van der Waals surface area contributed by atoms with Gasteiger partial charge < -0.3 is 5.32 Å². The van der Waals surface area contributed by atoms with Crippen LogP contribution in [0.4, 0.5) is 0 Å². The van der Waals surface area contributed by atoms with E-state index in [2.05, 4.69) is 84.5 Å². The summed E-state index contributed by atoms with van der Waals surface area (Å²) in [4.78, 5) is 0. The maximum atomic E-state index is 3.54. The van der Waals surface area contributed by atoms with Crippen molar-refractivity contribution in [3.63, 3.8) is 0 Å². The lowest BCUT2D eigenvalue weighted by Gasteiger charge is -2.20. The van der Waals surface area contributed by atoms with Crippen LogP contribution in [0.1, 0.15) is 42.1 Å². The monoisotopic (exact) mass is 345 g/mol. The predicted octanol–water partition coefficient (Wildman–Crippen LogP) is 5.26. The van der Waals surface area contributed by atoms with Crippen molar-refractivity contribution in [1.82, 2.24) is 5.32 Å². The van der Waals surface area contributed by atoms with Gasteiger partial charge in [-0.25, -0.2) is 0 Å². The van der Waals surface area contributed by atoms with Crippen LogP contribution in [-0.2, 0) is 6.42 Å². The van der Waals surface area contributed by atoms with Crippen LogP contribution in [0.25, 0.3) is 0 Å². The van der Waals surface area contributed by atoms with Crippen LogP contribution in [0.15, 0.2) is 46.9 Å². The minimum Gasteiger partial charge on any atom is -0.309 e. The fraction of sp³-hybridized carbons (Fsp3) is 0.368. The van der Waals surface area contributed by atoms with Crippen molar-refractivity contribution in [2.45, 2.75) is 33.2 Å². The van der Waals surface area contributed by atoms with Crippen molar-refractivity contribution in [2.24, 2.45) is 5.92 Å². The van der Waals surface area contributed by atoms with Crippen molar-refractivity contribution >= 4 is 15.9 Å². The van der Waals surface area contributed by atoms with E-state index in [1.54, 1.807) is 0 Å². The number of hydrogen-bond acceptors (Lipinski definition) is 1. The Morgan fingerprint density at radius 1 is 1.05 bits per heavy atom. The summed E-state index contributed by atoms with van der Waals surface area (Å²) in [6.45, 7) is 6.68. The molecule has 0 aromatic heterocycles. The van der Waals surface area contributed by atoms with E-state index in [0.717, 1.165) is 10.9 Å².